The maximum atomic E-state index is 11.7. The summed E-state index contributed by atoms with van der Waals surface area (Å²) < 4.78 is 11.7. The van der Waals surface area contributed by atoms with Gasteiger partial charge in [0.2, 0.25) is 0 Å². The Hall–Kier alpha value is -1.72. The molecule has 0 aromatic carbocycles. The maximum absolute atomic E-state index is 11.7. The minimum atomic E-state index is -1.33. The summed E-state index contributed by atoms with van der Waals surface area (Å²) in [7, 11) is 0. The molecule has 1 heterocycles. The van der Waals surface area contributed by atoms with Crippen molar-refractivity contribution in [2.45, 2.75) is 0 Å². The summed E-state index contributed by atoms with van der Waals surface area (Å²) in [5.74, 6) is 0. The lowest BCUT2D eigenvalue weighted by Gasteiger charge is -1.77. The zero-order chi connectivity index (χ0) is 8.69. The number of halogens is 1. The van der Waals surface area contributed by atoms with Crippen molar-refractivity contribution in [1.29, 1.82) is 0 Å². The molecule has 3 N–H and O–H groups in total. The largest absolute Gasteiger partial charge is 0.465 e. The average molecular weight is 159 g/mol. The number of nitrogens with zero attached hydrogens (tertiary/aromatic N) is 2. The van der Waals surface area contributed by atoms with Crippen molar-refractivity contribution in [3.8, 4) is 0 Å². The number of amides is 1. The number of nitrogens with two attached hydrogens (primary N) is 1. The van der Waals surface area contributed by atoms with Gasteiger partial charge >= 0.3 is 12.2 Å². The normalized spacial score (nSPS) is 7.73. The molecule has 60 valence electrons. The summed E-state index contributed by atoms with van der Waals surface area (Å²) >= 11 is 0. The van der Waals surface area contributed by atoms with Crippen molar-refractivity contribution in [1.82, 2.24) is 9.97 Å². The summed E-state index contributed by atoms with van der Waals surface area (Å²) in [4.78, 5) is 15.2. The van der Waals surface area contributed by atoms with E-state index >= 15 is 0 Å². The van der Waals surface area contributed by atoms with E-state index in [0.717, 1.165) is 0 Å². The Balaban J connectivity index is 0.000000218. The smallest absolute Gasteiger partial charge is 0.402 e. The maximum Gasteiger partial charge on any atom is 0.402 e. The Bertz CT molecular complexity index is 212. The quantitative estimate of drug-likeness (QED) is 0.530. The van der Waals surface area contributed by atoms with E-state index in [1.54, 1.807) is 6.07 Å². The fourth-order valence-electron chi connectivity index (χ4n) is 0.281. The Kier molecular flexibility index (Phi) is 4.30. The topological polar surface area (TPSA) is 89.1 Å². The molecule has 0 saturated heterocycles. The van der Waals surface area contributed by atoms with Gasteiger partial charge in [0.25, 0.3) is 0 Å². The first kappa shape index (κ1) is 9.28. The van der Waals surface area contributed by atoms with Crippen LogP contribution in [0, 0.1) is 6.08 Å². The number of hydrogen-bond donors (Lipinski definition) is 2. The lowest BCUT2D eigenvalue weighted by Crippen LogP contribution is -2.03. The minimum Gasteiger partial charge on any atom is -0.465 e. The Labute approximate surface area is 61.7 Å². The number of carbonyl (C=O) groups is 1. The first-order valence-electron chi connectivity index (χ1n) is 2.54. The predicted molar refractivity (Wildman–Crippen MR) is 34.2 cm³/mol. The molecule has 0 saturated carbocycles. The summed E-state index contributed by atoms with van der Waals surface area (Å²) in [5.41, 5.74) is 4.03. The molecule has 11 heavy (non-hydrogen) atoms. The van der Waals surface area contributed by atoms with Crippen LogP contribution in [0.1, 0.15) is 0 Å². The van der Waals surface area contributed by atoms with Crippen molar-refractivity contribution < 1.29 is 14.3 Å². The van der Waals surface area contributed by atoms with Gasteiger partial charge in [-0.25, -0.2) is 14.8 Å². The van der Waals surface area contributed by atoms with Gasteiger partial charge in [-0.1, -0.05) is 0 Å². The molecule has 1 aromatic heterocycles. The molecule has 0 unspecified atom stereocenters. The van der Waals surface area contributed by atoms with E-state index in [2.05, 4.69) is 15.7 Å². The van der Waals surface area contributed by atoms with E-state index in [4.69, 9.17) is 9.90 Å². The zero-order valence-electron chi connectivity index (χ0n) is 5.44. The van der Waals surface area contributed by atoms with Crippen LogP contribution in [0.5, 0.6) is 0 Å². The zero-order valence-corrected chi connectivity index (χ0v) is 5.44. The minimum absolute atomic E-state index is 0.678. The molecule has 0 aliphatic carbocycles. The molecule has 1 aromatic rings. The standard InChI is InChI=1S/C4H3FN2.CH3NO2/c5-4-6-2-1-3-7-4;2-1(3)4/h1-3H;2H2,(H,3,4). The number of carboxylic acid groups (broad SMARTS) is 1. The molecule has 0 aliphatic rings. The average Bonchev–Trinajstić information content (AvgIpc) is 1.87. The van der Waals surface area contributed by atoms with E-state index in [1.165, 1.54) is 12.4 Å². The Morgan fingerprint density at radius 3 is 2.09 bits per heavy atom. The molecule has 1 rings (SSSR count). The van der Waals surface area contributed by atoms with Crippen LogP contribution >= 0.6 is 0 Å². The Morgan fingerprint density at radius 1 is 1.55 bits per heavy atom. The first-order valence-corrected chi connectivity index (χ1v) is 2.54. The lowest BCUT2D eigenvalue weighted by molar-refractivity contribution is 0.205. The van der Waals surface area contributed by atoms with Gasteiger partial charge < -0.3 is 10.8 Å². The van der Waals surface area contributed by atoms with Crippen molar-refractivity contribution >= 4 is 6.09 Å². The van der Waals surface area contributed by atoms with Crippen LogP contribution in [0.3, 0.4) is 0 Å². The van der Waals surface area contributed by atoms with Crippen molar-refractivity contribution in [2.24, 2.45) is 5.73 Å². The van der Waals surface area contributed by atoms with E-state index < -0.39 is 12.2 Å². The predicted octanol–water partition coefficient (Wildman–Crippen LogP) is 0.239. The molecule has 6 heteroatoms. The molecule has 0 radical (unpaired) electrons. The molecule has 1 amide bonds. The second kappa shape index (κ2) is 5.10. The van der Waals surface area contributed by atoms with Crippen LogP contribution in [0.15, 0.2) is 18.5 Å². The van der Waals surface area contributed by atoms with Crippen molar-refractivity contribution in [3.05, 3.63) is 24.5 Å². The molecule has 0 bridgehead atoms. The highest BCUT2D eigenvalue weighted by molar-refractivity contribution is 5.61. The Morgan fingerprint density at radius 2 is 1.91 bits per heavy atom. The molecule has 0 spiro atoms. The number of hydrogen-bond acceptors (Lipinski definition) is 3. The van der Waals surface area contributed by atoms with Gasteiger partial charge in [-0.3, -0.25) is 0 Å². The molecular formula is C5H6FN3O2. The third-order valence-corrected chi connectivity index (χ3v) is 0.534. The van der Waals surface area contributed by atoms with Gasteiger partial charge in [0, 0.05) is 12.4 Å². The van der Waals surface area contributed by atoms with E-state index in [-0.39, 0.29) is 0 Å². The molecule has 0 atom stereocenters. The van der Waals surface area contributed by atoms with Crippen molar-refractivity contribution in [3.63, 3.8) is 0 Å². The highest BCUT2D eigenvalue weighted by Gasteiger charge is 1.80. The molecular weight excluding hydrogens is 153 g/mol. The molecule has 0 aliphatic heterocycles. The highest BCUT2D eigenvalue weighted by Crippen LogP contribution is 1.79. The third-order valence-electron chi connectivity index (χ3n) is 0.534. The van der Waals surface area contributed by atoms with Gasteiger partial charge in [-0.05, 0) is 6.07 Å². The molecule has 0 fully saturated rings. The SMILES string of the molecule is Fc1ncccn1.NC(=O)O. The van der Waals surface area contributed by atoms with Crippen LogP contribution in [-0.2, 0) is 0 Å². The van der Waals surface area contributed by atoms with Crippen LogP contribution in [0.25, 0.3) is 0 Å². The van der Waals surface area contributed by atoms with E-state index in [0.29, 0.717) is 0 Å². The summed E-state index contributed by atoms with van der Waals surface area (Å²) in [6.45, 7) is 0. The van der Waals surface area contributed by atoms with Gasteiger partial charge in [0.15, 0.2) is 0 Å². The van der Waals surface area contributed by atoms with Crippen LogP contribution in [0.4, 0.5) is 9.18 Å². The first-order chi connectivity index (χ1) is 5.13. The van der Waals surface area contributed by atoms with Gasteiger partial charge in [-0.15, -0.1) is 0 Å². The fraction of sp³-hybridized carbons (Fsp3) is 0. The number of rotatable bonds is 0. The highest BCUT2D eigenvalue weighted by atomic mass is 19.1. The van der Waals surface area contributed by atoms with E-state index in [1.807, 2.05) is 0 Å². The van der Waals surface area contributed by atoms with Crippen molar-refractivity contribution in [2.75, 3.05) is 0 Å². The summed E-state index contributed by atoms with van der Waals surface area (Å²) in [6, 6.07) is 1.56. The van der Waals surface area contributed by atoms with E-state index in [9.17, 15) is 4.39 Å². The van der Waals surface area contributed by atoms with Gasteiger partial charge in [-0.2, -0.15) is 4.39 Å². The molecule has 5 nitrogen and oxygen atoms in total. The lowest BCUT2D eigenvalue weighted by atomic mass is 10.7. The third kappa shape index (κ3) is 8.28. The summed E-state index contributed by atoms with van der Waals surface area (Å²) in [5, 5.41) is 7.19. The van der Waals surface area contributed by atoms with Gasteiger partial charge in [0.1, 0.15) is 0 Å². The van der Waals surface area contributed by atoms with Crippen LogP contribution in [0.2, 0.25) is 0 Å². The number of primary amides is 1. The van der Waals surface area contributed by atoms with Crippen LogP contribution < -0.4 is 5.73 Å². The van der Waals surface area contributed by atoms with Gasteiger partial charge in [0.05, 0.1) is 0 Å². The van der Waals surface area contributed by atoms with Crippen LogP contribution in [-0.4, -0.2) is 21.2 Å². The number of aromatic nitrogens is 2. The fourth-order valence-corrected chi connectivity index (χ4v) is 0.281. The second-order valence-corrected chi connectivity index (χ2v) is 1.36. The monoisotopic (exact) mass is 159 g/mol. The summed E-state index contributed by atoms with van der Waals surface area (Å²) in [6.07, 6.45) is 0.687. The second-order valence-electron chi connectivity index (χ2n) is 1.36.